The number of thiophene rings is 1. The van der Waals surface area contributed by atoms with Crippen molar-refractivity contribution >= 4 is 17.2 Å². The lowest BCUT2D eigenvalue weighted by Gasteiger charge is -2.30. The fraction of sp³-hybridized carbons (Fsp3) is 0.556. The second-order valence-corrected chi connectivity index (χ2v) is 7.44. The Morgan fingerprint density at radius 1 is 1.25 bits per heavy atom. The third-order valence-electron chi connectivity index (χ3n) is 4.87. The van der Waals surface area contributed by atoms with Crippen LogP contribution in [0.3, 0.4) is 0 Å². The van der Waals surface area contributed by atoms with Crippen molar-refractivity contribution in [3.05, 3.63) is 29.3 Å². The van der Waals surface area contributed by atoms with Crippen molar-refractivity contribution in [3.8, 4) is 10.6 Å². The third-order valence-corrected chi connectivity index (χ3v) is 5.76. The van der Waals surface area contributed by atoms with Crippen LogP contribution in [-0.4, -0.2) is 35.2 Å². The van der Waals surface area contributed by atoms with Gasteiger partial charge in [-0.2, -0.15) is 0 Å². The number of carbonyl (C=O) groups is 1. The van der Waals surface area contributed by atoms with Gasteiger partial charge < -0.3 is 14.2 Å². The van der Waals surface area contributed by atoms with E-state index in [4.69, 9.17) is 9.26 Å². The highest BCUT2D eigenvalue weighted by atomic mass is 32.1. The van der Waals surface area contributed by atoms with Crippen LogP contribution in [0.5, 0.6) is 0 Å². The summed E-state index contributed by atoms with van der Waals surface area (Å²) in [6.45, 7) is 1.48. The highest BCUT2D eigenvalue weighted by molar-refractivity contribution is 7.13. The number of amides is 1. The first-order chi connectivity index (χ1) is 11.8. The number of likely N-dealkylation sites (tertiary alicyclic amines) is 1. The molecule has 24 heavy (non-hydrogen) atoms. The van der Waals surface area contributed by atoms with Gasteiger partial charge in [-0.1, -0.05) is 24.1 Å². The molecule has 0 bridgehead atoms. The van der Waals surface area contributed by atoms with Crippen molar-refractivity contribution in [1.29, 1.82) is 0 Å². The third kappa shape index (κ3) is 3.13. The molecule has 2 atom stereocenters. The standard InChI is InChI=1S/C18H22N2O3S/c21-18(15-7-4-10-22-15)20-9-3-1-2-6-14(20)13-12-16(23-19-13)17-8-5-11-24-17/h5,8,11-12,14-15H,1-4,6-7,9-10H2/t14-,15+/m1/s1. The minimum Gasteiger partial charge on any atom is -0.368 e. The lowest BCUT2D eigenvalue weighted by Crippen LogP contribution is -2.41. The summed E-state index contributed by atoms with van der Waals surface area (Å²) in [5.41, 5.74) is 0.867. The second kappa shape index (κ2) is 7.07. The van der Waals surface area contributed by atoms with Crippen molar-refractivity contribution in [1.82, 2.24) is 10.1 Å². The molecule has 0 spiro atoms. The molecule has 2 aromatic heterocycles. The smallest absolute Gasteiger partial charge is 0.252 e. The molecule has 0 radical (unpaired) electrons. The van der Waals surface area contributed by atoms with E-state index in [2.05, 4.69) is 5.16 Å². The van der Waals surface area contributed by atoms with Gasteiger partial charge in [0.2, 0.25) is 0 Å². The molecule has 4 heterocycles. The van der Waals surface area contributed by atoms with Crippen LogP contribution in [0.25, 0.3) is 10.6 Å². The number of hydrogen-bond acceptors (Lipinski definition) is 5. The maximum absolute atomic E-state index is 12.9. The number of nitrogens with zero attached hydrogens (tertiary/aromatic N) is 2. The van der Waals surface area contributed by atoms with Crippen LogP contribution in [0.4, 0.5) is 0 Å². The Hall–Kier alpha value is -1.66. The van der Waals surface area contributed by atoms with Crippen LogP contribution in [0, 0.1) is 0 Å². The summed E-state index contributed by atoms with van der Waals surface area (Å²) < 4.78 is 11.2. The topological polar surface area (TPSA) is 55.6 Å². The van der Waals surface area contributed by atoms with E-state index in [9.17, 15) is 4.79 Å². The molecule has 2 saturated heterocycles. The Labute approximate surface area is 145 Å². The van der Waals surface area contributed by atoms with Crippen LogP contribution in [0.15, 0.2) is 28.1 Å². The lowest BCUT2D eigenvalue weighted by molar-refractivity contribution is -0.143. The predicted molar refractivity (Wildman–Crippen MR) is 91.7 cm³/mol. The van der Waals surface area contributed by atoms with Gasteiger partial charge in [0.1, 0.15) is 11.8 Å². The Morgan fingerprint density at radius 3 is 3.00 bits per heavy atom. The molecular weight excluding hydrogens is 324 g/mol. The molecule has 2 aliphatic heterocycles. The predicted octanol–water partition coefficient (Wildman–Crippen LogP) is 4.03. The fourth-order valence-electron chi connectivity index (χ4n) is 3.62. The maximum atomic E-state index is 12.9. The largest absolute Gasteiger partial charge is 0.368 e. The highest BCUT2D eigenvalue weighted by Gasteiger charge is 2.35. The molecule has 4 rings (SSSR count). The first kappa shape index (κ1) is 15.8. The average Bonchev–Trinajstić information content (AvgIpc) is 3.33. The van der Waals surface area contributed by atoms with Gasteiger partial charge in [-0.05, 0) is 37.1 Å². The molecule has 2 aliphatic rings. The molecule has 0 aromatic carbocycles. The SMILES string of the molecule is O=C([C@@H]1CCCO1)N1CCCCC[C@@H]1c1cc(-c2cccs2)on1. The van der Waals surface area contributed by atoms with E-state index >= 15 is 0 Å². The molecule has 0 saturated carbocycles. The van der Waals surface area contributed by atoms with Gasteiger partial charge in [0.25, 0.3) is 5.91 Å². The summed E-state index contributed by atoms with van der Waals surface area (Å²) in [6.07, 6.45) is 5.79. The molecule has 6 heteroatoms. The average molecular weight is 346 g/mol. The van der Waals surface area contributed by atoms with E-state index in [-0.39, 0.29) is 18.1 Å². The minimum absolute atomic E-state index is 0.00154. The van der Waals surface area contributed by atoms with Crippen molar-refractivity contribution < 1.29 is 14.1 Å². The fourth-order valence-corrected chi connectivity index (χ4v) is 4.29. The molecule has 128 valence electrons. The van der Waals surface area contributed by atoms with E-state index in [0.717, 1.165) is 61.4 Å². The molecule has 0 aliphatic carbocycles. The summed E-state index contributed by atoms with van der Waals surface area (Å²) in [4.78, 5) is 16.0. The normalized spacial score (nSPS) is 24.9. The van der Waals surface area contributed by atoms with Gasteiger partial charge in [-0.25, -0.2) is 0 Å². The summed E-state index contributed by atoms with van der Waals surface area (Å²) in [6, 6.07) is 6.03. The number of aromatic nitrogens is 1. The van der Waals surface area contributed by atoms with Crippen LogP contribution < -0.4 is 0 Å². The Balaban J connectivity index is 1.59. The maximum Gasteiger partial charge on any atom is 0.252 e. The Kier molecular flexibility index (Phi) is 4.67. The Bertz CT molecular complexity index is 676. The molecule has 2 fully saturated rings. The molecule has 0 unspecified atom stereocenters. The molecule has 5 nitrogen and oxygen atoms in total. The van der Waals surface area contributed by atoms with E-state index < -0.39 is 0 Å². The quantitative estimate of drug-likeness (QED) is 0.842. The summed E-state index contributed by atoms with van der Waals surface area (Å²) in [5, 5.41) is 6.32. The highest BCUT2D eigenvalue weighted by Crippen LogP contribution is 2.34. The van der Waals surface area contributed by atoms with Crippen molar-refractivity contribution in [3.63, 3.8) is 0 Å². The van der Waals surface area contributed by atoms with E-state index in [0.29, 0.717) is 6.61 Å². The number of rotatable bonds is 3. The molecular formula is C18H22N2O3S. The monoisotopic (exact) mass is 346 g/mol. The summed E-state index contributed by atoms with van der Waals surface area (Å²) in [7, 11) is 0. The minimum atomic E-state index is -0.269. The summed E-state index contributed by atoms with van der Waals surface area (Å²) >= 11 is 1.63. The van der Waals surface area contributed by atoms with Crippen LogP contribution in [0.2, 0.25) is 0 Å². The lowest BCUT2D eigenvalue weighted by atomic mass is 10.1. The molecule has 2 aromatic rings. The zero-order valence-corrected chi connectivity index (χ0v) is 14.5. The Morgan fingerprint density at radius 2 is 2.21 bits per heavy atom. The number of ether oxygens (including phenoxy) is 1. The van der Waals surface area contributed by atoms with Gasteiger partial charge in [0, 0.05) is 19.2 Å². The van der Waals surface area contributed by atoms with E-state index in [1.165, 1.54) is 0 Å². The van der Waals surface area contributed by atoms with Crippen molar-refractivity contribution in [2.24, 2.45) is 0 Å². The number of carbonyl (C=O) groups excluding carboxylic acids is 1. The van der Waals surface area contributed by atoms with Crippen LogP contribution in [0.1, 0.15) is 50.3 Å². The number of hydrogen-bond donors (Lipinski definition) is 0. The van der Waals surface area contributed by atoms with Crippen molar-refractivity contribution in [2.75, 3.05) is 13.2 Å². The summed E-state index contributed by atoms with van der Waals surface area (Å²) in [5.74, 6) is 0.911. The molecule has 1 amide bonds. The van der Waals surface area contributed by atoms with Gasteiger partial charge in [-0.15, -0.1) is 11.3 Å². The zero-order valence-electron chi connectivity index (χ0n) is 13.6. The van der Waals surface area contributed by atoms with Gasteiger partial charge in [0.15, 0.2) is 5.76 Å². The van der Waals surface area contributed by atoms with Crippen LogP contribution in [-0.2, 0) is 9.53 Å². The zero-order chi connectivity index (χ0) is 16.4. The van der Waals surface area contributed by atoms with Crippen LogP contribution >= 0.6 is 11.3 Å². The van der Waals surface area contributed by atoms with Gasteiger partial charge in [0.05, 0.1) is 10.9 Å². The molecule has 0 N–H and O–H groups in total. The first-order valence-electron chi connectivity index (χ1n) is 8.75. The van der Waals surface area contributed by atoms with Gasteiger partial charge >= 0.3 is 0 Å². The second-order valence-electron chi connectivity index (χ2n) is 6.49. The van der Waals surface area contributed by atoms with E-state index in [1.807, 2.05) is 28.5 Å². The van der Waals surface area contributed by atoms with E-state index in [1.54, 1.807) is 11.3 Å². The van der Waals surface area contributed by atoms with Gasteiger partial charge in [-0.3, -0.25) is 4.79 Å². The first-order valence-corrected chi connectivity index (χ1v) is 9.63. The van der Waals surface area contributed by atoms with Crippen molar-refractivity contribution in [2.45, 2.75) is 50.7 Å².